The molecule has 3 rings (SSSR count). The standard InChI is InChI=1S/C17H21ClN2O3S/c1-2-3-4-12(11-24(21)17-19-7-8-20-17)16-22-10-13-9-14(18)5-6-15(13)23-16/h5-9,12,16H,2-4,10-11H2,1H3,(H,19,20). The van der Waals surface area contributed by atoms with Crippen molar-refractivity contribution in [1.29, 1.82) is 0 Å². The largest absolute Gasteiger partial charge is 0.609 e. The fourth-order valence-electron chi connectivity index (χ4n) is 2.75. The van der Waals surface area contributed by atoms with Crippen LogP contribution in [0.1, 0.15) is 31.7 Å². The van der Waals surface area contributed by atoms with Gasteiger partial charge >= 0.3 is 5.16 Å². The molecule has 0 amide bonds. The third-order valence-corrected chi connectivity index (χ3v) is 5.66. The van der Waals surface area contributed by atoms with E-state index in [9.17, 15) is 4.55 Å². The average molecular weight is 369 g/mol. The molecule has 0 bridgehead atoms. The van der Waals surface area contributed by atoms with Crippen molar-refractivity contribution in [3.05, 3.63) is 41.2 Å². The molecule has 3 atom stereocenters. The third kappa shape index (κ3) is 4.25. The van der Waals surface area contributed by atoms with Gasteiger partial charge in [0.25, 0.3) is 0 Å². The number of hydrogen-bond donors (Lipinski definition) is 1. The molecule has 24 heavy (non-hydrogen) atoms. The van der Waals surface area contributed by atoms with Gasteiger partial charge in [-0.1, -0.05) is 31.4 Å². The summed E-state index contributed by atoms with van der Waals surface area (Å²) in [4.78, 5) is 7.00. The van der Waals surface area contributed by atoms with Crippen LogP contribution in [0.25, 0.3) is 0 Å². The zero-order chi connectivity index (χ0) is 16.9. The van der Waals surface area contributed by atoms with Crippen LogP contribution in [0.5, 0.6) is 5.75 Å². The number of nitrogens with zero attached hydrogens (tertiary/aromatic N) is 1. The maximum atomic E-state index is 12.5. The molecular formula is C17H21ClN2O3S. The molecule has 3 unspecified atom stereocenters. The second-order valence-electron chi connectivity index (χ2n) is 5.86. The van der Waals surface area contributed by atoms with Gasteiger partial charge in [-0.3, -0.25) is 0 Å². The predicted octanol–water partition coefficient (Wildman–Crippen LogP) is 3.91. The summed E-state index contributed by atoms with van der Waals surface area (Å²) in [5.74, 6) is 1.29. The number of aromatic amines is 1. The van der Waals surface area contributed by atoms with Gasteiger partial charge < -0.3 is 19.0 Å². The van der Waals surface area contributed by atoms with Gasteiger partial charge in [0.15, 0.2) is 0 Å². The van der Waals surface area contributed by atoms with Crippen molar-refractivity contribution in [3.63, 3.8) is 0 Å². The van der Waals surface area contributed by atoms with Gasteiger partial charge in [-0.2, -0.15) is 4.98 Å². The van der Waals surface area contributed by atoms with Crippen LogP contribution in [0, 0.1) is 5.92 Å². The first-order chi connectivity index (χ1) is 11.7. The lowest BCUT2D eigenvalue weighted by Crippen LogP contribution is -2.37. The van der Waals surface area contributed by atoms with E-state index < -0.39 is 17.5 Å². The van der Waals surface area contributed by atoms with Crippen molar-refractivity contribution in [2.75, 3.05) is 5.75 Å². The van der Waals surface area contributed by atoms with Crippen LogP contribution in [0.15, 0.2) is 35.7 Å². The van der Waals surface area contributed by atoms with Crippen molar-refractivity contribution in [1.82, 2.24) is 9.97 Å². The van der Waals surface area contributed by atoms with E-state index in [0.717, 1.165) is 30.6 Å². The highest BCUT2D eigenvalue weighted by Gasteiger charge is 2.33. The normalized spacial score (nSPS) is 19.4. The molecule has 0 saturated heterocycles. The van der Waals surface area contributed by atoms with Crippen molar-refractivity contribution < 1.29 is 14.0 Å². The fourth-order valence-corrected chi connectivity index (χ4v) is 4.20. The van der Waals surface area contributed by atoms with E-state index in [4.69, 9.17) is 21.1 Å². The lowest BCUT2D eigenvalue weighted by atomic mass is 10.0. The highest BCUT2D eigenvalue weighted by molar-refractivity contribution is 7.91. The molecule has 2 heterocycles. The number of unbranched alkanes of at least 4 members (excludes halogenated alkanes) is 1. The lowest BCUT2D eigenvalue weighted by Gasteiger charge is -2.32. The fraction of sp³-hybridized carbons (Fsp3) is 0.471. The minimum atomic E-state index is -1.20. The Morgan fingerprint density at radius 1 is 1.50 bits per heavy atom. The smallest absolute Gasteiger partial charge is 0.320 e. The summed E-state index contributed by atoms with van der Waals surface area (Å²) < 4.78 is 24.4. The molecule has 0 saturated carbocycles. The van der Waals surface area contributed by atoms with Gasteiger partial charge in [-0.05, 0) is 24.6 Å². The number of fused-ring (bicyclic) bond motifs is 1. The molecule has 1 aromatic carbocycles. The van der Waals surface area contributed by atoms with Gasteiger partial charge in [-0.15, -0.1) is 0 Å². The first kappa shape index (κ1) is 17.6. The number of ether oxygens (including phenoxy) is 2. The van der Waals surface area contributed by atoms with E-state index >= 15 is 0 Å². The minimum absolute atomic E-state index is 0.0414. The molecule has 2 aromatic rings. The van der Waals surface area contributed by atoms with E-state index in [1.165, 1.54) is 0 Å². The molecule has 0 fully saturated rings. The second kappa shape index (κ2) is 8.25. The average Bonchev–Trinajstić information content (AvgIpc) is 3.12. The summed E-state index contributed by atoms with van der Waals surface area (Å²) in [5.41, 5.74) is 0.945. The molecule has 7 heteroatoms. The number of rotatable bonds is 7. The zero-order valence-corrected chi connectivity index (χ0v) is 15.1. The Kier molecular flexibility index (Phi) is 6.05. The van der Waals surface area contributed by atoms with Crippen LogP contribution in [0.2, 0.25) is 5.02 Å². The third-order valence-electron chi connectivity index (χ3n) is 4.04. The zero-order valence-electron chi connectivity index (χ0n) is 13.5. The molecule has 0 radical (unpaired) electrons. The molecule has 0 aliphatic carbocycles. The highest BCUT2D eigenvalue weighted by atomic mass is 35.5. The number of imidazole rings is 1. The van der Waals surface area contributed by atoms with Gasteiger partial charge in [0.2, 0.25) is 6.29 Å². The van der Waals surface area contributed by atoms with Crippen molar-refractivity contribution in [3.8, 4) is 5.75 Å². The summed E-state index contributed by atoms with van der Waals surface area (Å²) in [6, 6.07) is 5.54. The van der Waals surface area contributed by atoms with Gasteiger partial charge in [0, 0.05) is 34.2 Å². The highest BCUT2D eigenvalue weighted by Crippen LogP contribution is 2.33. The van der Waals surface area contributed by atoms with Crippen molar-refractivity contribution in [2.45, 2.75) is 44.2 Å². The molecule has 5 nitrogen and oxygen atoms in total. The number of benzene rings is 1. The second-order valence-corrected chi connectivity index (χ2v) is 7.71. The first-order valence-corrected chi connectivity index (χ1v) is 9.81. The van der Waals surface area contributed by atoms with E-state index in [2.05, 4.69) is 16.9 Å². The minimum Gasteiger partial charge on any atom is -0.609 e. The molecule has 1 aliphatic rings. The van der Waals surface area contributed by atoms with Crippen LogP contribution >= 0.6 is 11.6 Å². The Hall–Kier alpha value is -1.21. The molecule has 0 spiro atoms. The summed E-state index contributed by atoms with van der Waals surface area (Å²) >= 11 is 4.81. The van der Waals surface area contributed by atoms with E-state index in [0.29, 0.717) is 22.5 Å². The SMILES string of the molecule is CCCCC(C[S+]([O-])c1ncc[nH]1)C1OCc2cc(Cl)ccc2O1. The predicted molar refractivity (Wildman–Crippen MR) is 93.5 cm³/mol. The monoisotopic (exact) mass is 368 g/mol. The number of halogens is 1. The summed E-state index contributed by atoms with van der Waals surface area (Å²) in [7, 11) is 0. The number of hydrogen-bond acceptors (Lipinski definition) is 4. The van der Waals surface area contributed by atoms with Crippen LogP contribution in [-0.2, 0) is 22.5 Å². The van der Waals surface area contributed by atoms with Crippen molar-refractivity contribution in [2.24, 2.45) is 5.92 Å². The van der Waals surface area contributed by atoms with Crippen LogP contribution in [0.4, 0.5) is 0 Å². The number of H-pyrrole nitrogens is 1. The maximum Gasteiger partial charge on any atom is 0.320 e. The Morgan fingerprint density at radius 2 is 2.38 bits per heavy atom. The summed E-state index contributed by atoms with van der Waals surface area (Å²) in [6.45, 7) is 2.59. The Labute approximate surface area is 149 Å². The molecule has 1 aromatic heterocycles. The molecular weight excluding hydrogens is 348 g/mol. The van der Waals surface area contributed by atoms with E-state index in [-0.39, 0.29) is 5.92 Å². The topological polar surface area (TPSA) is 70.2 Å². The van der Waals surface area contributed by atoms with Gasteiger partial charge in [0.1, 0.15) is 11.5 Å². The van der Waals surface area contributed by atoms with Crippen LogP contribution in [0.3, 0.4) is 0 Å². The first-order valence-electron chi connectivity index (χ1n) is 8.11. The van der Waals surface area contributed by atoms with Gasteiger partial charge in [-0.25, -0.2) is 0 Å². The Morgan fingerprint density at radius 3 is 3.12 bits per heavy atom. The lowest BCUT2D eigenvalue weighted by molar-refractivity contribution is -0.137. The molecule has 130 valence electrons. The number of aromatic nitrogens is 2. The van der Waals surface area contributed by atoms with E-state index in [1.807, 2.05) is 18.2 Å². The Balaban J connectivity index is 1.70. The van der Waals surface area contributed by atoms with Crippen LogP contribution in [-0.4, -0.2) is 26.6 Å². The number of nitrogens with one attached hydrogen (secondary N) is 1. The Bertz CT molecular complexity index is 653. The summed E-state index contributed by atoms with van der Waals surface area (Å²) in [6.07, 6.45) is 5.91. The maximum absolute atomic E-state index is 12.5. The summed E-state index contributed by atoms with van der Waals surface area (Å²) in [5, 5.41) is 1.17. The quantitative estimate of drug-likeness (QED) is 0.752. The molecule has 1 aliphatic heterocycles. The van der Waals surface area contributed by atoms with Crippen LogP contribution < -0.4 is 4.74 Å². The van der Waals surface area contributed by atoms with E-state index in [1.54, 1.807) is 12.4 Å². The van der Waals surface area contributed by atoms with Gasteiger partial charge in [0.05, 0.1) is 12.5 Å². The molecule has 1 N–H and O–H groups in total. The van der Waals surface area contributed by atoms with Crippen molar-refractivity contribution >= 4 is 22.8 Å².